The van der Waals surface area contributed by atoms with Crippen LogP contribution in [0.3, 0.4) is 0 Å². The quantitative estimate of drug-likeness (QED) is 0.414. The zero-order valence-electron chi connectivity index (χ0n) is 20.6. The van der Waals surface area contributed by atoms with Gasteiger partial charge in [0.25, 0.3) is 0 Å². The fourth-order valence-electron chi connectivity index (χ4n) is 6.19. The molecule has 3 aliphatic rings. The third-order valence-electron chi connectivity index (χ3n) is 8.55. The minimum absolute atomic E-state index is 0.199. The predicted molar refractivity (Wildman–Crippen MR) is 133 cm³/mol. The van der Waals surface area contributed by atoms with Crippen LogP contribution in [0.1, 0.15) is 85.5 Å². The molecule has 2 saturated carbocycles. The maximum Gasteiger partial charge on any atom is 0.0822 e. The molecule has 0 aromatic carbocycles. The highest BCUT2D eigenvalue weighted by atomic mass is 16.3. The van der Waals surface area contributed by atoms with E-state index in [2.05, 4.69) is 44.7 Å². The average Bonchev–Trinajstić information content (AvgIpc) is 3.12. The van der Waals surface area contributed by atoms with Crippen molar-refractivity contribution in [1.82, 2.24) is 0 Å². The maximum absolute atomic E-state index is 10.5. The average molecular weight is 441 g/mol. The van der Waals surface area contributed by atoms with Gasteiger partial charge in [0.2, 0.25) is 0 Å². The number of aliphatic hydroxyl groups is 3. The second-order valence-corrected chi connectivity index (χ2v) is 10.6. The van der Waals surface area contributed by atoms with Crippen LogP contribution in [0.5, 0.6) is 0 Å². The van der Waals surface area contributed by atoms with E-state index in [4.69, 9.17) is 0 Å². The molecule has 32 heavy (non-hydrogen) atoms. The second kappa shape index (κ2) is 10.2. The summed E-state index contributed by atoms with van der Waals surface area (Å²) in [7, 11) is 0. The third kappa shape index (κ3) is 5.21. The molecular formula is C29H44O3. The van der Waals surface area contributed by atoms with Gasteiger partial charge >= 0.3 is 0 Å². The molecule has 3 aliphatic carbocycles. The van der Waals surface area contributed by atoms with Gasteiger partial charge in [-0.1, -0.05) is 75.8 Å². The zero-order valence-corrected chi connectivity index (χ0v) is 20.6. The number of hydrogen-bond acceptors (Lipinski definition) is 3. The fraction of sp³-hybridized carbons (Fsp3) is 0.655. The van der Waals surface area contributed by atoms with Crippen molar-refractivity contribution in [2.45, 2.75) is 103 Å². The van der Waals surface area contributed by atoms with Gasteiger partial charge in [-0.2, -0.15) is 0 Å². The maximum atomic E-state index is 10.5. The largest absolute Gasteiger partial charge is 0.393 e. The van der Waals surface area contributed by atoms with Gasteiger partial charge in [-0.05, 0) is 79.8 Å². The van der Waals surface area contributed by atoms with Crippen LogP contribution in [0.25, 0.3) is 0 Å². The van der Waals surface area contributed by atoms with Crippen molar-refractivity contribution in [2.24, 2.45) is 17.3 Å². The molecule has 0 bridgehead atoms. The molecule has 0 aromatic heterocycles. The minimum Gasteiger partial charge on any atom is -0.393 e. The Morgan fingerprint density at radius 2 is 1.97 bits per heavy atom. The molecule has 3 nitrogen and oxygen atoms in total. The summed E-state index contributed by atoms with van der Waals surface area (Å²) in [5.41, 5.74) is 4.35. The molecule has 0 spiro atoms. The van der Waals surface area contributed by atoms with Crippen molar-refractivity contribution in [3.8, 4) is 0 Å². The van der Waals surface area contributed by atoms with Crippen molar-refractivity contribution in [2.75, 3.05) is 0 Å². The monoisotopic (exact) mass is 440 g/mol. The minimum atomic E-state index is -0.672. The highest BCUT2D eigenvalue weighted by Gasteiger charge is 2.45. The first-order valence-corrected chi connectivity index (χ1v) is 12.7. The lowest BCUT2D eigenvalue weighted by molar-refractivity contribution is 0.0823. The molecule has 2 fully saturated rings. The summed E-state index contributed by atoms with van der Waals surface area (Å²) in [6.45, 7) is 12.9. The zero-order chi connectivity index (χ0) is 23.5. The van der Waals surface area contributed by atoms with Gasteiger partial charge in [0.05, 0.1) is 17.8 Å². The summed E-state index contributed by atoms with van der Waals surface area (Å²) in [4.78, 5) is 0. The Kier molecular flexibility index (Phi) is 8.06. The Balaban J connectivity index is 1.73. The summed E-state index contributed by atoms with van der Waals surface area (Å²) < 4.78 is 0. The van der Waals surface area contributed by atoms with E-state index in [9.17, 15) is 15.3 Å². The number of aliphatic hydroxyl groups excluding tert-OH is 2. The Morgan fingerprint density at radius 3 is 2.66 bits per heavy atom. The molecule has 5 unspecified atom stereocenters. The van der Waals surface area contributed by atoms with E-state index in [0.29, 0.717) is 24.7 Å². The van der Waals surface area contributed by atoms with Gasteiger partial charge < -0.3 is 15.3 Å². The summed E-state index contributed by atoms with van der Waals surface area (Å²) >= 11 is 0. The van der Waals surface area contributed by atoms with Crippen molar-refractivity contribution < 1.29 is 15.3 Å². The van der Waals surface area contributed by atoms with Crippen LogP contribution in [-0.2, 0) is 0 Å². The molecule has 5 atom stereocenters. The third-order valence-corrected chi connectivity index (χ3v) is 8.55. The smallest absolute Gasteiger partial charge is 0.0822 e. The first-order chi connectivity index (χ1) is 15.1. The molecular weight excluding hydrogens is 396 g/mol. The van der Waals surface area contributed by atoms with Gasteiger partial charge in [-0.25, -0.2) is 0 Å². The summed E-state index contributed by atoms with van der Waals surface area (Å²) in [5, 5.41) is 30.7. The lowest BCUT2D eigenvalue weighted by Crippen LogP contribution is -2.32. The lowest BCUT2D eigenvalue weighted by atomic mass is 9.62. The molecule has 3 N–H and O–H groups in total. The number of hydrogen-bond donors (Lipinski definition) is 3. The normalized spacial score (nSPS) is 34.9. The van der Waals surface area contributed by atoms with Crippen molar-refractivity contribution in [3.63, 3.8) is 0 Å². The van der Waals surface area contributed by atoms with Gasteiger partial charge in [0.1, 0.15) is 0 Å². The molecule has 3 heteroatoms. The van der Waals surface area contributed by atoms with Crippen molar-refractivity contribution in [1.29, 1.82) is 0 Å². The highest BCUT2D eigenvalue weighted by Crippen LogP contribution is 2.57. The fourth-order valence-corrected chi connectivity index (χ4v) is 6.19. The number of allylic oxidation sites excluding steroid dienone is 6. The molecule has 0 radical (unpaired) electrons. The van der Waals surface area contributed by atoms with E-state index in [1.54, 1.807) is 5.57 Å². The summed E-state index contributed by atoms with van der Waals surface area (Å²) in [5.74, 6) is 1.00. The highest BCUT2D eigenvalue weighted by molar-refractivity contribution is 5.40. The SMILES string of the molecule is C=C1C(=CC=C2CCCC3(C)C(C(C)CC=CC(O)(CC)CC)=CCC23)CC(O)CC1O. The molecule has 0 saturated heterocycles. The lowest BCUT2D eigenvalue weighted by Gasteiger charge is -2.42. The number of rotatable bonds is 7. The van der Waals surface area contributed by atoms with Crippen LogP contribution in [0.4, 0.5) is 0 Å². The predicted octanol–water partition coefficient (Wildman–Crippen LogP) is 6.18. The molecule has 0 heterocycles. The van der Waals surface area contributed by atoms with Crippen LogP contribution >= 0.6 is 0 Å². The summed E-state index contributed by atoms with van der Waals surface area (Å²) in [6.07, 6.45) is 18.0. The molecule has 0 aliphatic heterocycles. The number of fused-ring (bicyclic) bond motifs is 1. The van der Waals surface area contributed by atoms with Crippen LogP contribution < -0.4 is 0 Å². The van der Waals surface area contributed by atoms with Crippen molar-refractivity contribution in [3.05, 3.63) is 59.3 Å². The Morgan fingerprint density at radius 1 is 1.25 bits per heavy atom. The molecule has 3 rings (SSSR count). The van der Waals surface area contributed by atoms with Crippen LogP contribution in [0.15, 0.2) is 59.3 Å². The van der Waals surface area contributed by atoms with E-state index >= 15 is 0 Å². The molecule has 178 valence electrons. The van der Waals surface area contributed by atoms with Gasteiger partial charge in [-0.3, -0.25) is 0 Å². The molecule has 0 aromatic rings. The Bertz CT molecular complexity index is 810. The second-order valence-electron chi connectivity index (χ2n) is 10.6. The Hall–Kier alpha value is -1.42. The van der Waals surface area contributed by atoms with Gasteiger partial charge in [0, 0.05) is 6.42 Å². The van der Waals surface area contributed by atoms with E-state index in [1.165, 1.54) is 18.4 Å². The Labute approximate surface area is 195 Å². The molecule has 0 amide bonds. The van der Waals surface area contributed by atoms with E-state index < -0.39 is 17.8 Å². The van der Waals surface area contributed by atoms with Crippen LogP contribution in [-0.4, -0.2) is 33.1 Å². The first kappa shape index (κ1) is 25.2. The van der Waals surface area contributed by atoms with E-state index in [-0.39, 0.29) is 5.41 Å². The van der Waals surface area contributed by atoms with Crippen LogP contribution in [0, 0.1) is 17.3 Å². The van der Waals surface area contributed by atoms with Gasteiger partial charge in [-0.15, -0.1) is 0 Å². The van der Waals surface area contributed by atoms with E-state index in [1.807, 2.05) is 19.9 Å². The first-order valence-electron chi connectivity index (χ1n) is 12.7. The van der Waals surface area contributed by atoms with E-state index in [0.717, 1.165) is 43.3 Å². The topological polar surface area (TPSA) is 60.7 Å². The van der Waals surface area contributed by atoms with Crippen molar-refractivity contribution >= 4 is 0 Å². The van der Waals surface area contributed by atoms with Gasteiger partial charge in [0.15, 0.2) is 0 Å². The summed E-state index contributed by atoms with van der Waals surface area (Å²) in [6, 6.07) is 0. The van der Waals surface area contributed by atoms with Crippen LogP contribution in [0.2, 0.25) is 0 Å². The standard InChI is InChI=1S/C29H44O3/c1-6-29(32,7-2)17-8-10-20(3)25-14-15-26-22(11-9-16-28(25,26)5)12-13-23-18-24(30)19-27(31)21(23)4/h8,12-14,17,20,24,26-27,30-32H,4,6-7,9-11,15-16,18-19H2,1-3,5H3.